The largest absolute Gasteiger partial charge is 0.507 e. The van der Waals surface area contributed by atoms with Crippen molar-refractivity contribution >= 4 is 11.0 Å². The van der Waals surface area contributed by atoms with Gasteiger partial charge in [-0.05, 0) is 132 Å². The van der Waals surface area contributed by atoms with Gasteiger partial charge in [-0.3, -0.25) is 9.55 Å². The van der Waals surface area contributed by atoms with Crippen LogP contribution in [0.4, 0.5) is 0 Å². The Kier molecular flexibility index (Phi) is 12.6. The van der Waals surface area contributed by atoms with Gasteiger partial charge in [-0.2, -0.15) is 0 Å². The minimum atomic E-state index is -0.330. The summed E-state index contributed by atoms with van der Waals surface area (Å²) in [4.78, 5) is 10.8. The van der Waals surface area contributed by atoms with Crippen LogP contribution in [0.5, 0.6) is 5.75 Å². The SMILES string of the molecule is CC(C)c1cc(-c2ccnc(-c3cc(-c4cccc5c4nc(-c4cc(C(C)(C)C)cc(C(C)(C)C)c4O)n5-c4ccc(C(C)(C)C)cc4-c4ccccc4)cc(C(C)(C)C)c3)c2)ccc1-c1ccccc1. The van der Waals surface area contributed by atoms with Crippen molar-refractivity contribution in [2.45, 2.75) is 125 Å². The fraction of sp³-hybridized carbons (Fsp3) is 0.284. The average Bonchev–Trinajstić information content (AvgIpc) is 3.72. The van der Waals surface area contributed by atoms with Gasteiger partial charge in [0, 0.05) is 28.5 Å². The molecular weight excluding hydrogens is 863 g/mol. The standard InChI is InChI=1S/C67H71N3O/c1-42(2)54-37-45(28-30-52(54)43-22-17-15-18-23-43)46-32-33-68-58(38-46)48-34-47(35-50(36-48)65(6,7)8)53-26-21-27-60-61(53)69-63(56-40-51(66(9,10)11)41-57(62(56)71)67(12,13)14)70(60)59-31-29-49(64(3,4)5)39-55(59)44-24-19-16-20-25-44/h15-42,71H,1-14H3. The summed E-state index contributed by atoms with van der Waals surface area (Å²) in [5, 5.41) is 12.6. The van der Waals surface area contributed by atoms with Crippen molar-refractivity contribution in [1.82, 2.24) is 14.5 Å². The third kappa shape index (κ3) is 9.74. The highest BCUT2D eigenvalue weighted by Gasteiger charge is 2.30. The maximum absolute atomic E-state index is 12.6. The lowest BCUT2D eigenvalue weighted by molar-refractivity contribution is 0.446. The Hall–Kier alpha value is -7.04. The summed E-state index contributed by atoms with van der Waals surface area (Å²) in [6, 6.07) is 57.3. The van der Waals surface area contributed by atoms with Crippen LogP contribution in [0.15, 0.2) is 164 Å². The Morgan fingerprint density at radius 1 is 0.437 bits per heavy atom. The predicted octanol–water partition coefficient (Wildman–Crippen LogP) is 18.4. The van der Waals surface area contributed by atoms with Crippen molar-refractivity contribution in [2.75, 3.05) is 0 Å². The molecule has 0 aliphatic heterocycles. The summed E-state index contributed by atoms with van der Waals surface area (Å²) in [6.45, 7) is 31.4. The molecule has 0 aliphatic rings. The molecule has 0 unspecified atom stereocenters. The second-order valence-electron chi connectivity index (χ2n) is 24.0. The number of pyridine rings is 1. The van der Waals surface area contributed by atoms with Crippen LogP contribution in [-0.4, -0.2) is 19.6 Å². The quantitative estimate of drug-likeness (QED) is 0.165. The van der Waals surface area contributed by atoms with Crippen molar-refractivity contribution in [3.63, 3.8) is 0 Å². The highest BCUT2D eigenvalue weighted by molar-refractivity contribution is 5.98. The number of hydrogen-bond donors (Lipinski definition) is 1. The number of aromatic hydroxyl groups is 1. The molecule has 2 heterocycles. The lowest BCUT2D eigenvalue weighted by Gasteiger charge is -2.28. The van der Waals surface area contributed by atoms with E-state index in [1.54, 1.807) is 0 Å². The topological polar surface area (TPSA) is 50.9 Å². The van der Waals surface area contributed by atoms with Crippen LogP contribution in [0.2, 0.25) is 0 Å². The second-order valence-corrected chi connectivity index (χ2v) is 24.0. The van der Waals surface area contributed by atoms with E-state index in [4.69, 9.17) is 9.97 Å². The highest BCUT2D eigenvalue weighted by Crippen LogP contribution is 2.46. The Morgan fingerprint density at radius 3 is 1.65 bits per heavy atom. The summed E-state index contributed by atoms with van der Waals surface area (Å²) in [5.41, 5.74) is 19.6. The van der Waals surface area contributed by atoms with E-state index in [9.17, 15) is 5.11 Å². The molecule has 0 aliphatic carbocycles. The molecule has 0 amide bonds. The normalized spacial score (nSPS) is 12.5. The Bertz CT molecular complexity index is 3420. The van der Waals surface area contributed by atoms with Crippen LogP contribution < -0.4 is 0 Å². The predicted molar refractivity (Wildman–Crippen MR) is 302 cm³/mol. The van der Waals surface area contributed by atoms with Crippen molar-refractivity contribution in [3.05, 3.63) is 192 Å². The summed E-state index contributed by atoms with van der Waals surface area (Å²) in [6.07, 6.45) is 1.95. The first kappa shape index (κ1) is 49.0. The van der Waals surface area contributed by atoms with Crippen LogP contribution in [0.1, 0.15) is 131 Å². The van der Waals surface area contributed by atoms with Gasteiger partial charge in [0.25, 0.3) is 0 Å². The zero-order valence-electron chi connectivity index (χ0n) is 44.5. The minimum Gasteiger partial charge on any atom is -0.507 e. The van der Waals surface area contributed by atoms with E-state index >= 15 is 0 Å². The zero-order chi connectivity index (χ0) is 50.8. The van der Waals surface area contributed by atoms with Crippen LogP contribution >= 0.6 is 0 Å². The van der Waals surface area contributed by atoms with Crippen molar-refractivity contribution < 1.29 is 5.11 Å². The lowest BCUT2D eigenvalue weighted by Crippen LogP contribution is -2.17. The molecular formula is C67H71N3O. The van der Waals surface area contributed by atoms with Crippen LogP contribution in [0, 0.1) is 0 Å². The van der Waals surface area contributed by atoms with Gasteiger partial charge in [0.2, 0.25) is 0 Å². The van der Waals surface area contributed by atoms with Crippen molar-refractivity contribution in [1.29, 1.82) is 0 Å². The molecule has 0 saturated heterocycles. The molecule has 0 saturated carbocycles. The van der Waals surface area contributed by atoms with Gasteiger partial charge in [-0.15, -0.1) is 0 Å². The molecule has 0 bridgehead atoms. The molecule has 4 heteroatoms. The Labute approximate surface area is 423 Å². The Balaban J connectivity index is 1.30. The number of para-hydroxylation sites is 1. The molecule has 0 fully saturated rings. The summed E-state index contributed by atoms with van der Waals surface area (Å²) >= 11 is 0. The summed E-state index contributed by atoms with van der Waals surface area (Å²) in [7, 11) is 0. The molecule has 0 spiro atoms. The van der Waals surface area contributed by atoms with E-state index in [0.717, 1.165) is 66.9 Å². The number of imidazole rings is 1. The summed E-state index contributed by atoms with van der Waals surface area (Å²) < 4.78 is 2.30. The van der Waals surface area contributed by atoms with E-state index in [1.165, 1.54) is 33.4 Å². The van der Waals surface area contributed by atoms with E-state index in [2.05, 4.69) is 259 Å². The van der Waals surface area contributed by atoms with Crippen LogP contribution in [-0.2, 0) is 21.7 Å². The van der Waals surface area contributed by atoms with Crippen LogP contribution in [0.3, 0.4) is 0 Å². The number of phenols is 1. The van der Waals surface area contributed by atoms with Crippen LogP contribution in [0.25, 0.3) is 83.9 Å². The van der Waals surface area contributed by atoms with Gasteiger partial charge in [0.1, 0.15) is 11.6 Å². The number of benzene rings is 7. The molecule has 2 aromatic heterocycles. The van der Waals surface area contributed by atoms with E-state index in [-0.39, 0.29) is 27.4 Å². The molecule has 0 atom stereocenters. The molecule has 9 aromatic rings. The van der Waals surface area contributed by atoms with Gasteiger partial charge >= 0.3 is 0 Å². The Morgan fingerprint density at radius 2 is 1.03 bits per heavy atom. The lowest BCUT2D eigenvalue weighted by atomic mass is 9.79. The number of nitrogens with zero attached hydrogens (tertiary/aromatic N) is 3. The monoisotopic (exact) mass is 934 g/mol. The van der Waals surface area contributed by atoms with E-state index in [1.807, 2.05) is 6.20 Å². The smallest absolute Gasteiger partial charge is 0.149 e. The van der Waals surface area contributed by atoms with Crippen molar-refractivity contribution in [2.24, 2.45) is 0 Å². The molecule has 4 nitrogen and oxygen atoms in total. The third-order valence-electron chi connectivity index (χ3n) is 14.2. The molecule has 1 N–H and O–H groups in total. The van der Waals surface area contributed by atoms with Crippen molar-refractivity contribution in [3.8, 4) is 78.6 Å². The first-order valence-corrected chi connectivity index (χ1v) is 25.4. The number of fused-ring (bicyclic) bond motifs is 1. The maximum atomic E-state index is 12.6. The number of hydrogen-bond acceptors (Lipinski definition) is 3. The fourth-order valence-electron chi connectivity index (χ4n) is 9.85. The molecule has 7 aromatic carbocycles. The summed E-state index contributed by atoms with van der Waals surface area (Å²) in [5.74, 6) is 1.31. The van der Waals surface area contributed by atoms with E-state index < -0.39 is 0 Å². The molecule has 0 radical (unpaired) electrons. The van der Waals surface area contributed by atoms with Gasteiger partial charge in [0.15, 0.2) is 0 Å². The number of phenolic OH excluding ortho intramolecular Hbond substituents is 1. The zero-order valence-corrected chi connectivity index (χ0v) is 44.5. The third-order valence-corrected chi connectivity index (χ3v) is 14.2. The van der Waals surface area contributed by atoms with E-state index in [0.29, 0.717) is 17.3 Å². The maximum Gasteiger partial charge on any atom is 0.149 e. The number of aromatic nitrogens is 3. The first-order valence-electron chi connectivity index (χ1n) is 25.4. The average molecular weight is 934 g/mol. The van der Waals surface area contributed by atoms with Gasteiger partial charge < -0.3 is 5.11 Å². The van der Waals surface area contributed by atoms with Gasteiger partial charge in [-0.1, -0.05) is 206 Å². The molecule has 9 rings (SSSR count). The molecule has 71 heavy (non-hydrogen) atoms. The minimum absolute atomic E-state index is 0.0792. The fourth-order valence-corrected chi connectivity index (χ4v) is 9.85. The second kappa shape index (κ2) is 18.3. The molecule has 360 valence electrons. The van der Waals surface area contributed by atoms with Gasteiger partial charge in [0.05, 0.1) is 28.0 Å². The number of rotatable bonds is 8. The van der Waals surface area contributed by atoms with Gasteiger partial charge in [-0.25, -0.2) is 4.98 Å². The first-order chi connectivity index (χ1) is 33.5. The highest BCUT2D eigenvalue weighted by atomic mass is 16.3.